The number of benzene rings is 1. The first-order chi connectivity index (χ1) is 16.6. The normalized spacial score (nSPS) is 18.3. The highest BCUT2D eigenvalue weighted by molar-refractivity contribution is 5.95. The predicted octanol–water partition coefficient (Wildman–Crippen LogP) is 3.29. The molecule has 2 aliphatic heterocycles. The third-order valence-corrected chi connectivity index (χ3v) is 6.50. The third-order valence-electron chi connectivity index (χ3n) is 6.50. The Kier molecular flexibility index (Phi) is 8.36. The van der Waals surface area contributed by atoms with Gasteiger partial charge in [-0.1, -0.05) is 18.2 Å². The summed E-state index contributed by atoms with van der Waals surface area (Å²) in [7, 11) is 2.13. The maximum Gasteiger partial charge on any atom is 0.273 e. The van der Waals surface area contributed by atoms with E-state index in [1.807, 2.05) is 30.3 Å². The van der Waals surface area contributed by atoms with Crippen LogP contribution in [0.5, 0.6) is 5.75 Å². The largest absolute Gasteiger partial charge is 0.491 e. The van der Waals surface area contributed by atoms with Crippen molar-refractivity contribution in [1.29, 1.82) is 0 Å². The number of aromatic nitrogens is 1. The van der Waals surface area contributed by atoms with Crippen LogP contribution in [0.15, 0.2) is 42.5 Å². The van der Waals surface area contributed by atoms with Gasteiger partial charge in [0.15, 0.2) is 0 Å². The van der Waals surface area contributed by atoms with Gasteiger partial charge >= 0.3 is 0 Å². The number of anilines is 2. The Bertz CT molecular complexity index is 974. The summed E-state index contributed by atoms with van der Waals surface area (Å²) in [5.74, 6) is 1.49. The number of likely N-dealkylation sites (tertiary alicyclic amines) is 1. The second-order valence-electron chi connectivity index (χ2n) is 9.22. The Balaban J connectivity index is 1.44. The van der Waals surface area contributed by atoms with Gasteiger partial charge in [0.25, 0.3) is 5.91 Å². The Morgan fingerprint density at radius 2 is 1.91 bits per heavy atom. The summed E-state index contributed by atoms with van der Waals surface area (Å²) in [5.41, 5.74) is 1.13. The topological polar surface area (TPSA) is 86.8 Å². The molecule has 34 heavy (non-hydrogen) atoms. The number of fused-ring (bicyclic) bond motifs is 3. The third kappa shape index (κ3) is 6.70. The van der Waals surface area contributed by atoms with E-state index in [9.17, 15) is 9.59 Å². The first kappa shape index (κ1) is 24.0. The van der Waals surface area contributed by atoms with Gasteiger partial charge in [-0.2, -0.15) is 0 Å². The lowest BCUT2D eigenvalue weighted by atomic mass is 9.97. The molecule has 8 heteroatoms. The van der Waals surface area contributed by atoms with Crippen LogP contribution in [0.2, 0.25) is 0 Å². The summed E-state index contributed by atoms with van der Waals surface area (Å²) in [6.07, 6.45) is 4.77. The predicted molar refractivity (Wildman–Crippen MR) is 132 cm³/mol. The number of carbonyl (C=O) groups excluding carboxylic acids is 2. The van der Waals surface area contributed by atoms with E-state index in [0.717, 1.165) is 56.6 Å². The molecule has 0 spiro atoms. The van der Waals surface area contributed by atoms with Crippen molar-refractivity contribution in [2.45, 2.75) is 32.1 Å². The molecule has 2 N–H and O–H groups in total. The van der Waals surface area contributed by atoms with Crippen molar-refractivity contribution in [2.75, 3.05) is 51.7 Å². The number of ether oxygens (including phenoxy) is 1. The number of nitrogens with one attached hydrogen (secondary N) is 2. The van der Waals surface area contributed by atoms with E-state index in [-0.39, 0.29) is 18.4 Å². The number of piperidine rings is 1. The van der Waals surface area contributed by atoms with Gasteiger partial charge in [0.2, 0.25) is 5.91 Å². The zero-order chi connectivity index (χ0) is 23.8. The number of carbonyl (C=O) groups is 2. The van der Waals surface area contributed by atoms with Crippen LogP contribution in [0.3, 0.4) is 0 Å². The van der Waals surface area contributed by atoms with Crippen molar-refractivity contribution in [2.24, 2.45) is 5.92 Å². The molecule has 2 aliphatic rings. The molecule has 2 bridgehead atoms. The van der Waals surface area contributed by atoms with E-state index < -0.39 is 0 Å². The molecule has 0 radical (unpaired) electrons. The summed E-state index contributed by atoms with van der Waals surface area (Å²) in [6.45, 7) is 3.95. The first-order valence-electron chi connectivity index (χ1n) is 12.3. The number of amides is 2. The number of pyridine rings is 1. The van der Waals surface area contributed by atoms with Crippen molar-refractivity contribution in [3.63, 3.8) is 0 Å². The van der Waals surface area contributed by atoms with Gasteiger partial charge in [-0.05, 0) is 82.4 Å². The fourth-order valence-corrected chi connectivity index (χ4v) is 4.39. The van der Waals surface area contributed by atoms with Gasteiger partial charge in [-0.15, -0.1) is 0 Å². The second kappa shape index (κ2) is 11.8. The second-order valence-corrected chi connectivity index (χ2v) is 9.22. The van der Waals surface area contributed by atoms with Crippen LogP contribution in [-0.4, -0.2) is 73.0 Å². The van der Waals surface area contributed by atoms with Crippen molar-refractivity contribution in [1.82, 2.24) is 20.1 Å². The van der Waals surface area contributed by atoms with Gasteiger partial charge in [0.1, 0.15) is 17.3 Å². The number of nitrogens with zero attached hydrogens (tertiary/aromatic N) is 3. The van der Waals surface area contributed by atoms with Crippen molar-refractivity contribution in [3.8, 4) is 5.75 Å². The average Bonchev–Trinajstić information content (AvgIpc) is 2.85. The molecule has 2 amide bonds. The SMILES string of the molecule is CN1CCC(CNC(=O)CN2CCCCCOc3ccccc3Nc3cccc(n3)C2=O)CC1. The van der Waals surface area contributed by atoms with Gasteiger partial charge in [-0.25, -0.2) is 4.98 Å². The lowest BCUT2D eigenvalue weighted by Crippen LogP contribution is -2.43. The Morgan fingerprint density at radius 3 is 2.76 bits per heavy atom. The molecule has 1 fully saturated rings. The molecule has 0 aliphatic carbocycles. The Morgan fingerprint density at radius 1 is 1.09 bits per heavy atom. The molecule has 0 unspecified atom stereocenters. The molecular weight excluding hydrogens is 430 g/mol. The minimum absolute atomic E-state index is 0.0458. The molecule has 3 heterocycles. The lowest BCUT2D eigenvalue weighted by Gasteiger charge is -2.29. The minimum atomic E-state index is -0.223. The van der Waals surface area contributed by atoms with Crippen LogP contribution in [0.25, 0.3) is 0 Å². The van der Waals surface area contributed by atoms with Crippen LogP contribution < -0.4 is 15.4 Å². The molecule has 2 aromatic rings. The fraction of sp³-hybridized carbons (Fsp3) is 0.500. The smallest absolute Gasteiger partial charge is 0.273 e. The number of rotatable bonds is 4. The van der Waals surface area contributed by atoms with E-state index in [0.29, 0.717) is 37.1 Å². The van der Waals surface area contributed by atoms with E-state index in [1.165, 1.54) is 0 Å². The number of hydrogen-bond acceptors (Lipinski definition) is 6. The van der Waals surface area contributed by atoms with Crippen LogP contribution in [0, 0.1) is 5.92 Å². The van der Waals surface area contributed by atoms with Crippen LogP contribution >= 0.6 is 0 Å². The Hall–Kier alpha value is -3.13. The van der Waals surface area contributed by atoms with E-state index in [1.54, 1.807) is 17.0 Å². The quantitative estimate of drug-likeness (QED) is 0.721. The highest BCUT2D eigenvalue weighted by atomic mass is 16.5. The molecule has 182 valence electrons. The highest BCUT2D eigenvalue weighted by Gasteiger charge is 2.22. The first-order valence-corrected chi connectivity index (χ1v) is 12.3. The van der Waals surface area contributed by atoms with Crippen LogP contribution in [-0.2, 0) is 4.79 Å². The minimum Gasteiger partial charge on any atom is -0.491 e. The van der Waals surface area contributed by atoms with Crippen LogP contribution in [0.4, 0.5) is 11.5 Å². The standard InChI is InChI=1S/C26H35N5O3/c1-30-15-12-20(13-16-30)18-27-25(32)19-31-14-5-2-6-17-34-23-10-4-3-8-21(23)28-24-11-7-9-22(29-24)26(31)33/h3-4,7-11,20H,2,5-6,12-19H2,1H3,(H,27,32)(H,28,29). The maximum atomic E-state index is 13.3. The monoisotopic (exact) mass is 465 g/mol. The van der Waals surface area contributed by atoms with E-state index in [4.69, 9.17) is 4.74 Å². The zero-order valence-electron chi connectivity index (χ0n) is 20.0. The molecule has 1 aromatic heterocycles. The molecule has 0 atom stereocenters. The molecule has 8 nitrogen and oxygen atoms in total. The van der Waals surface area contributed by atoms with Crippen molar-refractivity contribution in [3.05, 3.63) is 48.2 Å². The Labute approximate surface area is 201 Å². The summed E-state index contributed by atoms with van der Waals surface area (Å²) < 4.78 is 5.97. The van der Waals surface area contributed by atoms with Gasteiger partial charge in [-0.3, -0.25) is 9.59 Å². The molecular formula is C26H35N5O3. The maximum absolute atomic E-state index is 13.3. The summed E-state index contributed by atoms with van der Waals surface area (Å²) >= 11 is 0. The lowest BCUT2D eigenvalue weighted by molar-refractivity contribution is -0.122. The van der Waals surface area contributed by atoms with E-state index in [2.05, 4.69) is 27.6 Å². The fourth-order valence-electron chi connectivity index (χ4n) is 4.39. The number of para-hydroxylation sites is 2. The highest BCUT2D eigenvalue weighted by Crippen LogP contribution is 2.27. The van der Waals surface area contributed by atoms with Crippen molar-refractivity contribution >= 4 is 23.3 Å². The van der Waals surface area contributed by atoms with Crippen molar-refractivity contribution < 1.29 is 14.3 Å². The average molecular weight is 466 g/mol. The van der Waals surface area contributed by atoms with Crippen LogP contribution in [0.1, 0.15) is 42.6 Å². The van der Waals surface area contributed by atoms with E-state index >= 15 is 0 Å². The molecule has 4 rings (SSSR count). The summed E-state index contributed by atoms with van der Waals surface area (Å²) in [5, 5.41) is 6.32. The summed E-state index contributed by atoms with van der Waals surface area (Å²) in [6, 6.07) is 13.0. The number of hydrogen-bond donors (Lipinski definition) is 2. The van der Waals surface area contributed by atoms with Gasteiger partial charge in [0, 0.05) is 13.1 Å². The van der Waals surface area contributed by atoms with Gasteiger partial charge < -0.3 is 25.2 Å². The molecule has 0 saturated carbocycles. The molecule has 1 saturated heterocycles. The summed E-state index contributed by atoms with van der Waals surface area (Å²) in [4.78, 5) is 34.5. The molecule has 1 aromatic carbocycles. The van der Waals surface area contributed by atoms with Gasteiger partial charge in [0.05, 0.1) is 18.8 Å². The zero-order valence-corrected chi connectivity index (χ0v) is 20.0.